The minimum absolute atomic E-state index is 0.0274. The van der Waals surface area contributed by atoms with Crippen LogP contribution in [0.1, 0.15) is 47.4 Å². The number of carbonyl (C=O) groups excluding carboxylic acids is 1. The summed E-state index contributed by atoms with van der Waals surface area (Å²) in [6, 6.07) is 15.8. The van der Waals surface area contributed by atoms with Crippen molar-refractivity contribution in [3.8, 4) is 23.1 Å². The Bertz CT molecular complexity index is 1180. The molecule has 5 nitrogen and oxygen atoms in total. The number of hydrogen-bond acceptors (Lipinski definition) is 3. The molecule has 3 aromatic rings. The molecule has 0 aliphatic carbocycles. The molecule has 2 heterocycles. The largest absolute Gasteiger partial charge is 0.336 e. The highest BCUT2D eigenvalue weighted by atomic mass is 35.5. The zero-order chi connectivity index (χ0) is 23.4. The Kier molecular flexibility index (Phi) is 7.17. The number of carbonyl (C=O) groups is 1. The minimum Gasteiger partial charge on any atom is -0.336 e. The standard InChI is InChI=1S/C27H29ClN4O/c1-4-31(5-2)24-15-16-32(18-24)27(33)26-19(3)25(29-30-26)22-8-6-7-21(17-22)10-9-20-11-13-23(28)14-12-20/h6-8,11-14,17,24H,4-5,15-16,18H2,1-3H3,(H,29,30). The summed E-state index contributed by atoms with van der Waals surface area (Å²) in [7, 11) is 0. The molecule has 0 bridgehead atoms. The van der Waals surface area contributed by atoms with E-state index in [0.29, 0.717) is 16.8 Å². The summed E-state index contributed by atoms with van der Waals surface area (Å²) in [6.07, 6.45) is 1.02. The molecular weight excluding hydrogens is 432 g/mol. The minimum atomic E-state index is 0.0274. The van der Waals surface area contributed by atoms with Crippen LogP contribution in [0.15, 0.2) is 48.5 Å². The number of aromatic amines is 1. The number of benzene rings is 2. The summed E-state index contributed by atoms with van der Waals surface area (Å²) in [5.41, 5.74) is 4.96. The molecule has 1 aliphatic heterocycles. The highest BCUT2D eigenvalue weighted by Crippen LogP contribution is 2.26. The number of likely N-dealkylation sites (tertiary alicyclic amines) is 1. The first-order chi connectivity index (χ1) is 16.0. The number of halogens is 1. The van der Waals surface area contributed by atoms with Crippen molar-refractivity contribution in [2.45, 2.75) is 33.2 Å². The van der Waals surface area contributed by atoms with E-state index in [9.17, 15) is 4.79 Å². The SMILES string of the molecule is CCN(CC)C1CCN(C(=O)c2[nH]nc(-c3cccc(C#Cc4ccc(Cl)cc4)c3)c2C)C1. The molecule has 0 radical (unpaired) electrons. The predicted octanol–water partition coefficient (Wildman–Crippen LogP) is 4.99. The molecule has 0 spiro atoms. The number of rotatable bonds is 5. The average molecular weight is 461 g/mol. The van der Waals surface area contributed by atoms with Crippen molar-refractivity contribution in [2.24, 2.45) is 0 Å². The molecule has 1 amide bonds. The molecule has 170 valence electrons. The molecule has 1 aromatic heterocycles. The molecule has 4 rings (SSSR count). The van der Waals surface area contributed by atoms with Gasteiger partial charge < -0.3 is 4.90 Å². The van der Waals surface area contributed by atoms with Crippen LogP contribution in [-0.2, 0) is 0 Å². The van der Waals surface area contributed by atoms with Crippen molar-refractivity contribution in [1.82, 2.24) is 20.0 Å². The molecule has 1 N–H and O–H groups in total. The van der Waals surface area contributed by atoms with Gasteiger partial charge in [0.15, 0.2) is 0 Å². The fourth-order valence-electron chi connectivity index (χ4n) is 4.43. The molecule has 2 aromatic carbocycles. The first-order valence-electron chi connectivity index (χ1n) is 11.5. The maximum absolute atomic E-state index is 13.2. The van der Waals surface area contributed by atoms with E-state index < -0.39 is 0 Å². The molecule has 1 atom stereocenters. The van der Waals surface area contributed by atoms with Crippen molar-refractivity contribution in [3.05, 3.63) is 75.9 Å². The van der Waals surface area contributed by atoms with E-state index in [2.05, 4.69) is 40.8 Å². The summed E-state index contributed by atoms with van der Waals surface area (Å²) < 4.78 is 0. The van der Waals surface area contributed by atoms with Gasteiger partial charge in [-0.2, -0.15) is 5.10 Å². The van der Waals surface area contributed by atoms with Crippen LogP contribution in [0.3, 0.4) is 0 Å². The van der Waals surface area contributed by atoms with Crippen LogP contribution in [0.2, 0.25) is 5.02 Å². The van der Waals surface area contributed by atoms with E-state index in [1.165, 1.54) is 0 Å². The number of nitrogens with one attached hydrogen (secondary N) is 1. The highest BCUT2D eigenvalue weighted by Gasteiger charge is 2.31. The van der Waals surface area contributed by atoms with E-state index in [0.717, 1.165) is 60.5 Å². The van der Waals surface area contributed by atoms with Crippen LogP contribution in [0.5, 0.6) is 0 Å². The van der Waals surface area contributed by atoms with Crippen LogP contribution in [0, 0.1) is 18.8 Å². The summed E-state index contributed by atoms with van der Waals surface area (Å²) >= 11 is 5.94. The Morgan fingerprint density at radius 3 is 2.61 bits per heavy atom. The monoisotopic (exact) mass is 460 g/mol. The van der Waals surface area contributed by atoms with Crippen LogP contribution in [0.4, 0.5) is 0 Å². The van der Waals surface area contributed by atoms with Gasteiger partial charge in [0.2, 0.25) is 0 Å². The number of aromatic nitrogens is 2. The topological polar surface area (TPSA) is 52.2 Å². The van der Waals surface area contributed by atoms with Gasteiger partial charge in [-0.05, 0) is 62.8 Å². The van der Waals surface area contributed by atoms with E-state index in [1.807, 2.05) is 60.4 Å². The van der Waals surface area contributed by atoms with Gasteiger partial charge in [-0.25, -0.2) is 0 Å². The molecular formula is C27H29ClN4O. The van der Waals surface area contributed by atoms with Crippen molar-refractivity contribution < 1.29 is 4.79 Å². The van der Waals surface area contributed by atoms with Crippen LogP contribution >= 0.6 is 11.6 Å². The second kappa shape index (κ2) is 10.2. The van der Waals surface area contributed by atoms with E-state index >= 15 is 0 Å². The van der Waals surface area contributed by atoms with Crippen LogP contribution in [0.25, 0.3) is 11.3 Å². The van der Waals surface area contributed by atoms with Crippen molar-refractivity contribution in [2.75, 3.05) is 26.2 Å². The maximum Gasteiger partial charge on any atom is 0.272 e. The lowest BCUT2D eigenvalue weighted by molar-refractivity contribution is 0.0771. The number of hydrogen-bond donors (Lipinski definition) is 1. The third-order valence-electron chi connectivity index (χ3n) is 6.33. The van der Waals surface area contributed by atoms with Gasteiger partial charge in [-0.3, -0.25) is 14.8 Å². The first-order valence-corrected chi connectivity index (χ1v) is 11.8. The number of likely N-dealkylation sites (N-methyl/N-ethyl adjacent to an activating group) is 1. The average Bonchev–Trinajstić information content (AvgIpc) is 3.47. The van der Waals surface area contributed by atoms with Gasteiger partial charge in [0.05, 0.1) is 5.69 Å². The van der Waals surface area contributed by atoms with Crippen LogP contribution in [-0.4, -0.2) is 58.1 Å². The molecule has 1 unspecified atom stereocenters. The van der Waals surface area contributed by atoms with Gasteiger partial charge in [0.1, 0.15) is 5.69 Å². The fourth-order valence-corrected chi connectivity index (χ4v) is 4.56. The number of H-pyrrole nitrogens is 1. The molecule has 1 saturated heterocycles. The number of amides is 1. The summed E-state index contributed by atoms with van der Waals surface area (Å²) in [5.74, 6) is 6.39. The Morgan fingerprint density at radius 1 is 1.15 bits per heavy atom. The zero-order valence-corrected chi connectivity index (χ0v) is 20.1. The Hall–Kier alpha value is -3.07. The maximum atomic E-state index is 13.2. The molecule has 33 heavy (non-hydrogen) atoms. The Balaban J connectivity index is 1.52. The smallest absolute Gasteiger partial charge is 0.272 e. The highest BCUT2D eigenvalue weighted by molar-refractivity contribution is 6.30. The van der Waals surface area contributed by atoms with E-state index in [-0.39, 0.29) is 5.91 Å². The lowest BCUT2D eigenvalue weighted by atomic mass is 10.0. The van der Waals surface area contributed by atoms with Crippen molar-refractivity contribution in [3.63, 3.8) is 0 Å². The van der Waals surface area contributed by atoms with E-state index in [4.69, 9.17) is 11.6 Å². The first kappa shape index (κ1) is 23.1. The summed E-state index contributed by atoms with van der Waals surface area (Å²) in [4.78, 5) is 17.6. The molecule has 1 aliphatic rings. The molecule has 1 fully saturated rings. The normalized spacial score (nSPS) is 15.5. The lowest BCUT2D eigenvalue weighted by Gasteiger charge is -2.26. The molecule has 0 saturated carbocycles. The van der Waals surface area contributed by atoms with Gasteiger partial charge in [-0.1, -0.05) is 49.4 Å². The second-order valence-corrected chi connectivity index (χ2v) is 8.76. The van der Waals surface area contributed by atoms with E-state index in [1.54, 1.807) is 0 Å². The quantitative estimate of drug-likeness (QED) is 0.545. The van der Waals surface area contributed by atoms with Gasteiger partial charge in [0.25, 0.3) is 5.91 Å². The van der Waals surface area contributed by atoms with Gasteiger partial charge in [-0.15, -0.1) is 0 Å². The van der Waals surface area contributed by atoms with Gasteiger partial charge in [0, 0.05) is 46.4 Å². The van der Waals surface area contributed by atoms with Crippen LogP contribution < -0.4 is 0 Å². The lowest BCUT2D eigenvalue weighted by Crippen LogP contribution is -2.38. The van der Waals surface area contributed by atoms with Crippen molar-refractivity contribution >= 4 is 17.5 Å². The summed E-state index contributed by atoms with van der Waals surface area (Å²) in [6.45, 7) is 9.87. The predicted molar refractivity (Wildman–Crippen MR) is 133 cm³/mol. The molecule has 6 heteroatoms. The third kappa shape index (κ3) is 5.13. The zero-order valence-electron chi connectivity index (χ0n) is 19.4. The summed E-state index contributed by atoms with van der Waals surface area (Å²) in [5, 5.41) is 8.18. The van der Waals surface area contributed by atoms with Crippen molar-refractivity contribution in [1.29, 1.82) is 0 Å². The number of nitrogens with zero attached hydrogens (tertiary/aromatic N) is 3. The third-order valence-corrected chi connectivity index (χ3v) is 6.59. The Morgan fingerprint density at radius 2 is 1.88 bits per heavy atom. The van der Waals surface area contributed by atoms with Gasteiger partial charge >= 0.3 is 0 Å². The second-order valence-electron chi connectivity index (χ2n) is 8.32. The Labute approximate surface area is 200 Å². The fraction of sp³-hybridized carbons (Fsp3) is 0.333.